The molecule has 0 aliphatic rings. The molecule has 0 atom stereocenters. The maximum Gasteiger partial charge on any atom is 0.338 e. The predicted octanol–water partition coefficient (Wildman–Crippen LogP) is 4.87. The van der Waals surface area contributed by atoms with Crippen LogP contribution in [-0.2, 0) is 11.3 Å². The molecule has 3 rings (SSSR count). The second kappa shape index (κ2) is 6.79. The summed E-state index contributed by atoms with van der Waals surface area (Å²) in [4.78, 5) is 23.9. The SMILES string of the molecule is Cc1cc2oc(=O)cc(COC(=O)c3cccc(Br)c3)c2cc1Cl. The zero-order valence-electron chi connectivity index (χ0n) is 12.6. The highest BCUT2D eigenvalue weighted by molar-refractivity contribution is 9.10. The molecule has 0 amide bonds. The van der Waals surface area contributed by atoms with Crippen molar-refractivity contribution in [3.05, 3.63) is 79.1 Å². The van der Waals surface area contributed by atoms with Gasteiger partial charge in [-0.2, -0.15) is 0 Å². The lowest BCUT2D eigenvalue weighted by atomic mass is 10.1. The Morgan fingerprint density at radius 1 is 1.25 bits per heavy atom. The maximum atomic E-state index is 12.1. The molecule has 6 heteroatoms. The number of benzene rings is 2. The summed E-state index contributed by atoms with van der Waals surface area (Å²) in [5.41, 5.74) is 1.68. The summed E-state index contributed by atoms with van der Waals surface area (Å²) >= 11 is 9.45. The van der Waals surface area contributed by atoms with E-state index in [1.165, 1.54) is 6.07 Å². The Morgan fingerprint density at radius 3 is 2.79 bits per heavy atom. The molecule has 1 heterocycles. The molecule has 24 heavy (non-hydrogen) atoms. The Bertz CT molecular complexity index is 994. The summed E-state index contributed by atoms with van der Waals surface area (Å²) in [7, 11) is 0. The van der Waals surface area contributed by atoms with Gasteiger partial charge in [0.25, 0.3) is 0 Å². The van der Waals surface area contributed by atoms with Crippen molar-refractivity contribution < 1.29 is 13.9 Å². The first-order chi connectivity index (χ1) is 11.4. The molecular formula is C18H12BrClO4. The number of esters is 1. The average Bonchev–Trinajstić information content (AvgIpc) is 2.54. The van der Waals surface area contributed by atoms with E-state index >= 15 is 0 Å². The van der Waals surface area contributed by atoms with Crippen molar-refractivity contribution in [1.82, 2.24) is 0 Å². The maximum absolute atomic E-state index is 12.1. The van der Waals surface area contributed by atoms with Crippen molar-refractivity contribution in [3.8, 4) is 0 Å². The molecule has 0 spiro atoms. The van der Waals surface area contributed by atoms with Gasteiger partial charge in [-0.25, -0.2) is 9.59 Å². The molecule has 0 unspecified atom stereocenters. The molecule has 4 nitrogen and oxygen atoms in total. The van der Waals surface area contributed by atoms with Crippen LogP contribution in [0.3, 0.4) is 0 Å². The number of carbonyl (C=O) groups excluding carboxylic acids is 1. The first-order valence-corrected chi connectivity index (χ1v) is 8.27. The van der Waals surface area contributed by atoms with Crippen molar-refractivity contribution >= 4 is 44.5 Å². The summed E-state index contributed by atoms with van der Waals surface area (Å²) in [6.07, 6.45) is 0. The third kappa shape index (κ3) is 3.52. The standard InChI is InChI=1S/C18H12BrClO4/c1-10-5-16-14(8-15(10)20)12(7-17(21)24-16)9-23-18(22)11-3-2-4-13(19)6-11/h2-8H,9H2,1H3. The molecule has 122 valence electrons. The van der Waals surface area contributed by atoms with Crippen LogP contribution in [0.4, 0.5) is 0 Å². The van der Waals surface area contributed by atoms with E-state index in [9.17, 15) is 9.59 Å². The highest BCUT2D eigenvalue weighted by Gasteiger charge is 2.12. The summed E-state index contributed by atoms with van der Waals surface area (Å²) in [5.74, 6) is -0.476. The molecule has 3 aromatic rings. The fraction of sp³-hybridized carbons (Fsp3) is 0.111. The molecular weight excluding hydrogens is 396 g/mol. The molecule has 0 saturated heterocycles. The second-order valence-electron chi connectivity index (χ2n) is 5.27. The Kier molecular flexibility index (Phi) is 4.73. The lowest BCUT2D eigenvalue weighted by molar-refractivity contribution is 0.0473. The Morgan fingerprint density at radius 2 is 2.04 bits per heavy atom. The predicted molar refractivity (Wildman–Crippen MR) is 95.5 cm³/mol. The van der Waals surface area contributed by atoms with E-state index in [2.05, 4.69) is 15.9 Å². The van der Waals surface area contributed by atoms with E-state index in [0.717, 1.165) is 10.0 Å². The lowest BCUT2D eigenvalue weighted by Gasteiger charge is -2.09. The number of fused-ring (bicyclic) bond motifs is 1. The van der Waals surface area contributed by atoms with Crippen LogP contribution in [0.5, 0.6) is 0 Å². The second-order valence-corrected chi connectivity index (χ2v) is 6.60. The topological polar surface area (TPSA) is 56.5 Å². The van der Waals surface area contributed by atoms with Gasteiger partial charge in [-0.3, -0.25) is 0 Å². The first kappa shape index (κ1) is 16.7. The number of ether oxygens (including phenoxy) is 1. The molecule has 1 aromatic heterocycles. The quantitative estimate of drug-likeness (QED) is 0.459. The molecule has 0 N–H and O–H groups in total. The summed E-state index contributed by atoms with van der Waals surface area (Å²) in [6, 6.07) is 11.6. The van der Waals surface area contributed by atoms with Crippen LogP contribution in [0.1, 0.15) is 21.5 Å². The van der Waals surface area contributed by atoms with Gasteiger partial charge in [0.1, 0.15) is 12.2 Å². The monoisotopic (exact) mass is 406 g/mol. The number of carbonyl (C=O) groups is 1. The van der Waals surface area contributed by atoms with Crippen LogP contribution >= 0.6 is 27.5 Å². The van der Waals surface area contributed by atoms with Crippen molar-refractivity contribution in [2.75, 3.05) is 0 Å². The third-order valence-corrected chi connectivity index (χ3v) is 4.43. The number of rotatable bonds is 3. The summed E-state index contributed by atoms with van der Waals surface area (Å²) < 4.78 is 11.3. The first-order valence-electron chi connectivity index (χ1n) is 7.09. The molecule has 0 aliphatic carbocycles. The van der Waals surface area contributed by atoms with E-state index < -0.39 is 11.6 Å². The van der Waals surface area contributed by atoms with Crippen LogP contribution in [0, 0.1) is 6.92 Å². The lowest BCUT2D eigenvalue weighted by Crippen LogP contribution is -2.08. The van der Waals surface area contributed by atoms with E-state index in [1.807, 2.05) is 13.0 Å². The minimum absolute atomic E-state index is 0.0488. The summed E-state index contributed by atoms with van der Waals surface area (Å²) in [5, 5.41) is 1.20. The van der Waals surface area contributed by atoms with Crippen molar-refractivity contribution in [1.29, 1.82) is 0 Å². The van der Waals surface area contributed by atoms with E-state index in [-0.39, 0.29) is 6.61 Å². The number of aryl methyl sites for hydroxylation is 1. The van der Waals surface area contributed by atoms with Gasteiger partial charge in [-0.05, 0) is 42.8 Å². The zero-order chi connectivity index (χ0) is 17.3. The number of hydrogen-bond acceptors (Lipinski definition) is 4. The van der Waals surface area contributed by atoms with Crippen molar-refractivity contribution in [3.63, 3.8) is 0 Å². The number of hydrogen-bond donors (Lipinski definition) is 0. The zero-order valence-corrected chi connectivity index (χ0v) is 15.0. The molecule has 0 saturated carbocycles. The van der Waals surface area contributed by atoms with Gasteiger partial charge in [-0.15, -0.1) is 0 Å². The normalized spacial score (nSPS) is 10.8. The minimum Gasteiger partial charge on any atom is -0.457 e. The molecule has 0 bridgehead atoms. The van der Waals surface area contributed by atoms with Crippen LogP contribution in [-0.4, -0.2) is 5.97 Å². The van der Waals surface area contributed by atoms with Crippen molar-refractivity contribution in [2.45, 2.75) is 13.5 Å². The minimum atomic E-state index is -0.502. The molecule has 0 fully saturated rings. The van der Waals surface area contributed by atoms with E-state index in [1.54, 1.807) is 30.3 Å². The Balaban J connectivity index is 1.91. The van der Waals surface area contributed by atoms with Gasteiger partial charge < -0.3 is 9.15 Å². The summed E-state index contributed by atoms with van der Waals surface area (Å²) in [6.45, 7) is 1.77. The van der Waals surface area contributed by atoms with Gasteiger partial charge in [-0.1, -0.05) is 33.6 Å². The molecule has 2 aromatic carbocycles. The van der Waals surface area contributed by atoms with Crippen molar-refractivity contribution in [2.24, 2.45) is 0 Å². The van der Waals surface area contributed by atoms with Crippen LogP contribution in [0.15, 0.2) is 56.1 Å². The van der Waals surface area contributed by atoms with Gasteiger partial charge in [0.2, 0.25) is 0 Å². The third-order valence-electron chi connectivity index (χ3n) is 3.53. The fourth-order valence-corrected chi connectivity index (χ4v) is 2.87. The van der Waals surface area contributed by atoms with E-state index in [0.29, 0.717) is 27.1 Å². The van der Waals surface area contributed by atoms with Crippen LogP contribution in [0.2, 0.25) is 5.02 Å². The smallest absolute Gasteiger partial charge is 0.338 e. The highest BCUT2D eigenvalue weighted by atomic mass is 79.9. The molecule has 0 radical (unpaired) electrons. The van der Waals surface area contributed by atoms with Crippen LogP contribution < -0.4 is 5.63 Å². The van der Waals surface area contributed by atoms with Crippen LogP contribution in [0.25, 0.3) is 11.0 Å². The molecule has 0 aliphatic heterocycles. The highest BCUT2D eigenvalue weighted by Crippen LogP contribution is 2.25. The Hall–Kier alpha value is -2.11. The van der Waals surface area contributed by atoms with Gasteiger partial charge in [0.05, 0.1) is 5.56 Å². The van der Waals surface area contributed by atoms with E-state index in [4.69, 9.17) is 20.8 Å². The van der Waals surface area contributed by atoms with Gasteiger partial charge >= 0.3 is 11.6 Å². The van der Waals surface area contributed by atoms with Gasteiger partial charge in [0.15, 0.2) is 0 Å². The fourth-order valence-electron chi connectivity index (χ4n) is 2.31. The Labute approximate surface area is 151 Å². The number of halogens is 2. The average molecular weight is 408 g/mol. The largest absolute Gasteiger partial charge is 0.457 e. The van der Waals surface area contributed by atoms with Gasteiger partial charge in [0, 0.05) is 26.5 Å².